The van der Waals surface area contributed by atoms with Gasteiger partial charge >= 0.3 is 12.5 Å². The van der Waals surface area contributed by atoms with E-state index in [4.69, 9.17) is 9.72 Å². The summed E-state index contributed by atoms with van der Waals surface area (Å²) in [5.74, 6) is 0.803. The Morgan fingerprint density at radius 2 is 1.80 bits per heavy atom. The minimum atomic E-state index is -4.72. The molecule has 12 heteroatoms. The van der Waals surface area contributed by atoms with Crippen molar-refractivity contribution in [1.29, 1.82) is 0 Å². The number of nitrogens with zero attached hydrogens (tertiary/aromatic N) is 4. The second-order valence-corrected chi connectivity index (χ2v) is 11.5. The number of likely N-dealkylation sites (tertiary alicyclic amines) is 1. The molecule has 0 atom stereocenters. The Kier molecular flexibility index (Phi) is 9.13. The van der Waals surface area contributed by atoms with Crippen LogP contribution in [0.3, 0.4) is 0 Å². The Morgan fingerprint density at radius 1 is 1.10 bits per heavy atom. The second kappa shape index (κ2) is 12.2. The first-order valence-corrected chi connectivity index (χ1v) is 13.8. The first-order chi connectivity index (χ1) is 19.2. The molecular weight excluding hydrogens is 539 g/mol. The molecule has 1 aliphatic heterocycles. The first kappa shape index (κ1) is 30.6. The number of alkyl carbamates (subject to hydrolysis) is 1. The van der Waals surface area contributed by atoms with E-state index in [-0.39, 0.29) is 18.0 Å². The minimum Gasteiger partial charge on any atom is -0.444 e. The summed E-state index contributed by atoms with van der Waals surface area (Å²) in [6.45, 7) is 9.33. The van der Waals surface area contributed by atoms with E-state index >= 15 is 0 Å². The highest BCUT2D eigenvalue weighted by molar-refractivity contribution is 5.83. The van der Waals surface area contributed by atoms with Gasteiger partial charge in [0.1, 0.15) is 11.4 Å². The predicted octanol–water partition coefficient (Wildman–Crippen LogP) is 4.95. The summed E-state index contributed by atoms with van der Waals surface area (Å²) in [7, 11) is 1.69. The fourth-order valence-corrected chi connectivity index (χ4v) is 5.20. The van der Waals surface area contributed by atoms with Crippen LogP contribution in [0.2, 0.25) is 0 Å². The number of hydrogen-bond donors (Lipinski definition) is 1. The third-order valence-corrected chi connectivity index (χ3v) is 7.10. The summed E-state index contributed by atoms with van der Waals surface area (Å²) < 4.78 is 51.2. The number of ether oxygens (including phenoxy) is 2. The number of pyridine rings is 1. The molecule has 1 aromatic carbocycles. The number of carbonyl (C=O) groups is 1. The van der Waals surface area contributed by atoms with Crippen LogP contribution in [0.15, 0.2) is 35.3 Å². The van der Waals surface area contributed by atoms with E-state index in [2.05, 4.69) is 15.0 Å². The zero-order chi connectivity index (χ0) is 29.9. The van der Waals surface area contributed by atoms with Gasteiger partial charge in [0.05, 0.1) is 17.6 Å². The number of carbonyl (C=O) groups excluding carboxylic acids is 1. The van der Waals surface area contributed by atoms with Crippen LogP contribution in [-0.4, -0.2) is 69.9 Å². The van der Waals surface area contributed by atoms with Crippen molar-refractivity contribution >= 4 is 17.1 Å². The molecule has 0 unspecified atom stereocenters. The van der Waals surface area contributed by atoms with E-state index in [9.17, 15) is 22.8 Å². The number of imidazole rings is 1. The average Bonchev–Trinajstić information content (AvgIpc) is 3.23. The molecule has 1 N–H and O–H groups in total. The van der Waals surface area contributed by atoms with Crippen molar-refractivity contribution in [2.75, 3.05) is 32.8 Å². The fraction of sp³-hybridized carbons (Fsp3) is 0.552. The molecular formula is C29H38F3N5O4. The monoisotopic (exact) mass is 577 g/mol. The number of alkyl halides is 3. The molecule has 1 aliphatic rings. The second-order valence-electron chi connectivity index (χ2n) is 11.5. The van der Waals surface area contributed by atoms with Crippen molar-refractivity contribution in [2.45, 2.75) is 65.0 Å². The van der Waals surface area contributed by atoms with E-state index in [1.807, 2.05) is 49.6 Å². The SMILES string of the molecule is Cc1cc(-c2ccc3nc(C4CCN(CCNC(=O)OC(C)(C)C)CC4)n(CCOC(F)(F)F)c3c2)cn(C)c1=O. The minimum absolute atomic E-state index is 0.00111. The number of amides is 1. The van der Waals surface area contributed by atoms with Gasteiger partial charge in [-0.3, -0.25) is 9.53 Å². The molecule has 1 saturated heterocycles. The topological polar surface area (TPSA) is 90.6 Å². The van der Waals surface area contributed by atoms with Crippen molar-refractivity contribution < 1.29 is 27.4 Å². The largest absolute Gasteiger partial charge is 0.522 e. The summed E-state index contributed by atoms with van der Waals surface area (Å²) >= 11 is 0. The van der Waals surface area contributed by atoms with Crippen LogP contribution in [0.1, 0.15) is 50.9 Å². The highest BCUT2D eigenvalue weighted by Gasteiger charge is 2.30. The highest BCUT2D eigenvalue weighted by Crippen LogP contribution is 2.32. The lowest BCUT2D eigenvalue weighted by Gasteiger charge is -2.32. The summed E-state index contributed by atoms with van der Waals surface area (Å²) in [4.78, 5) is 31.2. The normalized spacial score (nSPS) is 15.4. The van der Waals surface area contributed by atoms with Gasteiger partial charge in [-0.2, -0.15) is 0 Å². The van der Waals surface area contributed by atoms with E-state index in [0.29, 0.717) is 24.2 Å². The van der Waals surface area contributed by atoms with E-state index in [1.54, 1.807) is 20.2 Å². The molecule has 3 aromatic rings. The number of nitrogens with one attached hydrogen (secondary N) is 1. The Labute approximate surface area is 237 Å². The molecule has 3 heterocycles. The van der Waals surface area contributed by atoms with Gasteiger partial charge in [-0.05, 0) is 83.0 Å². The summed E-state index contributed by atoms with van der Waals surface area (Å²) in [6.07, 6.45) is -1.86. The molecule has 1 amide bonds. The Balaban J connectivity index is 1.52. The molecule has 1 fully saturated rings. The molecule has 0 radical (unpaired) electrons. The van der Waals surface area contributed by atoms with Gasteiger partial charge in [-0.15, -0.1) is 13.2 Å². The zero-order valence-electron chi connectivity index (χ0n) is 24.2. The molecule has 0 saturated carbocycles. The standard InChI is InChI=1S/C29H38F3N5O4/c1-19-16-22(18-35(5)26(19)38)21-6-7-23-24(17-21)37(14-15-40-29(30,31)32)25(34-23)20-8-11-36(12-9-20)13-10-33-27(39)41-28(2,3)4/h6-7,16-18,20H,8-15H2,1-5H3,(H,33,39). The van der Waals surface area contributed by atoms with Crippen molar-refractivity contribution in [3.8, 4) is 11.1 Å². The maximum absolute atomic E-state index is 12.8. The molecule has 41 heavy (non-hydrogen) atoms. The number of aryl methyl sites for hydroxylation is 2. The summed E-state index contributed by atoms with van der Waals surface area (Å²) in [6, 6.07) is 7.50. The number of rotatable bonds is 8. The van der Waals surface area contributed by atoms with Crippen LogP contribution < -0.4 is 10.9 Å². The van der Waals surface area contributed by atoms with E-state index < -0.39 is 24.7 Å². The highest BCUT2D eigenvalue weighted by atomic mass is 19.4. The molecule has 2 aromatic heterocycles. The van der Waals surface area contributed by atoms with Gasteiger partial charge < -0.3 is 24.1 Å². The van der Waals surface area contributed by atoms with Crippen LogP contribution >= 0.6 is 0 Å². The van der Waals surface area contributed by atoms with Crippen LogP contribution in [0, 0.1) is 6.92 Å². The van der Waals surface area contributed by atoms with Crippen LogP contribution in [0.5, 0.6) is 0 Å². The molecule has 224 valence electrons. The van der Waals surface area contributed by atoms with Crippen LogP contribution in [0.25, 0.3) is 22.2 Å². The van der Waals surface area contributed by atoms with Gasteiger partial charge in [0.15, 0.2) is 0 Å². The van der Waals surface area contributed by atoms with Crippen molar-refractivity contribution in [2.24, 2.45) is 7.05 Å². The first-order valence-electron chi connectivity index (χ1n) is 13.8. The fourth-order valence-electron chi connectivity index (χ4n) is 5.20. The number of benzene rings is 1. The predicted molar refractivity (Wildman–Crippen MR) is 150 cm³/mol. The van der Waals surface area contributed by atoms with Gasteiger partial charge in [0.2, 0.25) is 0 Å². The smallest absolute Gasteiger partial charge is 0.444 e. The number of aromatic nitrogens is 3. The van der Waals surface area contributed by atoms with Crippen molar-refractivity contribution in [1.82, 2.24) is 24.3 Å². The quantitative estimate of drug-likeness (QED) is 0.408. The molecule has 0 bridgehead atoms. The molecule has 4 rings (SSSR count). The Bertz CT molecular complexity index is 1410. The van der Waals surface area contributed by atoms with E-state index in [1.165, 1.54) is 4.57 Å². The molecule has 0 spiro atoms. The van der Waals surface area contributed by atoms with Crippen LogP contribution in [-0.2, 0) is 23.1 Å². The number of hydrogen-bond acceptors (Lipinski definition) is 6. The summed E-state index contributed by atoms with van der Waals surface area (Å²) in [5.41, 5.74) is 3.05. The van der Waals surface area contributed by atoms with Gasteiger partial charge in [0, 0.05) is 44.4 Å². The van der Waals surface area contributed by atoms with E-state index in [0.717, 1.165) is 48.4 Å². The Morgan fingerprint density at radius 3 is 2.44 bits per heavy atom. The third kappa shape index (κ3) is 8.10. The average molecular weight is 578 g/mol. The molecule has 0 aliphatic carbocycles. The number of halogens is 3. The van der Waals surface area contributed by atoms with Crippen molar-refractivity contribution in [3.63, 3.8) is 0 Å². The van der Waals surface area contributed by atoms with Gasteiger partial charge in [-0.25, -0.2) is 9.78 Å². The maximum Gasteiger partial charge on any atom is 0.522 e. The summed E-state index contributed by atoms with van der Waals surface area (Å²) in [5, 5.41) is 2.78. The van der Waals surface area contributed by atoms with Gasteiger partial charge in [0.25, 0.3) is 5.56 Å². The number of fused-ring (bicyclic) bond motifs is 1. The van der Waals surface area contributed by atoms with Crippen molar-refractivity contribution in [3.05, 3.63) is 52.2 Å². The molecule has 9 nitrogen and oxygen atoms in total. The lowest BCUT2D eigenvalue weighted by atomic mass is 9.96. The van der Waals surface area contributed by atoms with Gasteiger partial charge in [-0.1, -0.05) is 6.07 Å². The number of piperidine rings is 1. The lowest BCUT2D eigenvalue weighted by molar-refractivity contribution is -0.325. The maximum atomic E-state index is 12.8. The Hall–Kier alpha value is -3.38. The third-order valence-electron chi connectivity index (χ3n) is 7.10. The van der Waals surface area contributed by atoms with Crippen LogP contribution in [0.4, 0.5) is 18.0 Å². The lowest BCUT2D eigenvalue weighted by Crippen LogP contribution is -2.41. The zero-order valence-corrected chi connectivity index (χ0v) is 24.2.